The molecule has 0 bridgehead atoms. The second-order valence-corrected chi connectivity index (χ2v) is 5.30. The molecule has 0 aliphatic carbocycles. The Morgan fingerprint density at radius 2 is 2.15 bits per heavy atom. The van der Waals surface area contributed by atoms with E-state index in [1.54, 1.807) is 0 Å². The number of nitrogens with zero attached hydrogens (tertiary/aromatic N) is 2. The highest BCUT2D eigenvalue weighted by Gasteiger charge is 2.14. The van der Waals surface area contributed by atoms with Crippen LogP contribution in [0.5, 0.6) is 11.6 Å². The van der Waals surface area contributed by atoms with E-state index in [2.05, 4.69) is 26.1 Å². The van der Waals surface area contributed by atoms with Gasteiger partial charge >= 0.3 is 0 Å². The molecule has 0 amide bonds. The summed E-state index contributed by atoms with van der Waals surface area (Å²) in [6.07, 6.45) is 0. The normalized spacial score (nSPS) is 17.3. The Kier molecular flexibility index (Phi) is 2.59. The monoisotopic (exact) mass is 382 g/mol. The largest absolute Gasteiger partial charge is 0.435 e. The molecule has 7 heteroatoms. The Bertz CT molecular complexity index is 839. The molecule has 2 aromatic rings. The number of aromatic nitrogens is 2. The van der Waals surface area contributed by atoms with E-state index in [9.17, 15) is 0 Å². The third-order valence-electron chi connectivity index (χ3n) is 2.20. The van der Waals surface area contributed by atoms with Gasteiger partial charge in [-0.25, -0.2) is 0 Å². The van der Waals surface area contributed by atoms with Gasteiger partial charge in [-0.05, 0) is 39.5 Å². The van der Waals surface area contributed by atoms with Crippen molar-refractivity contribution < 1.29 is 14.3 Å². The maximum absolute atomic E-state index is 8.22. The predicted molar refractivity (Wildman–Crippen MR) is 84.8 cm³/mol. The summed E-state index contributed by atoms with van der Waals surface area (Å²) < 4.78 is 59.4. The van der Waals surface area contributed by atoms with Crippen molar-refractivity contribution in [1.82, 2.24) is 10.2 Å². The van der Waals surface area contributed by atoms with E-state index in [0.29, 0.717) is 10.2 Å². The lowest BCUT2D eigenvalue weighted by molar-refractivity contribution is 0.451. The van der Waals surface area contributed by atoms with E-state index in [4.69, 9.17) is 43.3 Å². The molecule has 0 spiro atoms. The molecular weight excluding hydrogens is 365 g/mol. The van der Waals surface area contributed by atoms with Gasteiger partial charge in [0.1, 0.15) is 0 Å². The van der Waals surface area contributed by atoms with Gasteiger partial charge in [-0.3, -0.25) is 0 Å². The fourth-order valence-corrected chi connectivity index (χ4v) is 2.48. The summed E-state index contributed by atoms with van der Waals surface area (Å²) in [5, 5.41) is 6.74. The molecule has 2 rings (SSSR count). The highest BCUT2D eigenvalue weighted by Crippen LogP contribution is 2.38. The fourth-order valence-electron chi connectivity index (χ4n) is 1.35. The van der Waals surface area contributed by atoms with E-state index in [0.717, 1.165) is 0 Å². The lowest BCUT2D eigenvalue weighted by Gasteiger charge is -2.12. The zero-order valence-electron chi connectivity index (χ0n) is 16.7. The van der Waals surface area contributed by atoms with Crippen molar-refractivity contribution in [2.24, 2.45) is 0 Å². The number of nitrogens with two attached hydrogens (primary N) is 1. The smallest absolute Gasteiger partial charge is 0.239 e. The number of ether oxygens (including phenoxy) is 1. The van der Waals surface area contributed by atoms with Crippen LogP contribution in [-0.2, 0) is 0 Å². The van der Waals surface area contributed by atoms with Crippen molar-refractivity contribution in [3.05, 3.63) is 38.4 Å². The van der Waals surface area contributed by atoms with Gasteiger partial charge in [0.2, 0.25) is 5.88 Å². The van der Waals surface area contributed by atoms with Crippen LogP contribution in [0.1, 0.15) is 34.8 Å². The molecule has 20 heavy (non-hydrogen) atoms. The van der Waals surface area contributed by atoms with Gasteiger partial charge in [-0.2, -0.15) is 0 Å². The van der Waals surface area contributed by atoms with Gasteiger partial charge < -0.3 is 10.5 Å². The van der Waals surface area contributed by atoms with Gasteiger partial charge in [-0.15, -0.1) is 10.2 Å². The number of rotatable bonds is 3. The van der Waals surface area contributed by atoms with Crippen LogP contribution >= 0.6 is 39.1 Å². The Morgan fingerprint density at radius 1 is 1.40 bits per heavy atom. The van der Waals surface area contributed by atoms with Gasteiger partial charge in [0, 0.05) is 20.0 Å². The summed E-state index contributed by atoms with van der Waals surface area (Å²) in [6, 6.07) is 2.26. The highest BCUT2D eigenvalue weighted by atomic mass is 79.9. The molecule has 0 saturated carbocycles. The van der Waals surface area contributed by atoms with Crippen molar-refractivity contribution in [3.8, 4) is 11.6 Å². The van der Waals surface area contributed by atoms with Gasteiger partial charge in [0.25, 0.3) is 0 Å². The Balaban J connectivity index is 2.62. The molecular formula is C13H12BrCl2N3O. The molecule has 1 aromatic carbocycles. The average Bonchev–Trinajstić information content (AvgIpc) is 2.46. The topological polar surface area (TPSA) is 61.0 Å². The van der Waals surface area contributed by atoms with Crippen LogP contribution in [0.4, 0.5) is 5.69 Å². The summed E-state index contributed by atoms with van der Waals surface area (Å²) in [5.41, 5.74) is 5.49. The minimum atomic E-state index is -2.97. The van der Waals surface area contributed by atoms with E-state index in [1.165, 1.54) is 12.1 Å². The number of benzene rings is 1. The molecule has 2 N–H and O–H groups in total. The van der Waals surface area contributed by atoms with Crippen molar-refractivity contribution in [3.63, 3.8) is 0 Å². The van der Waals surface area contributed by atoms with E-state index >= 15 is 0 Å². The first-order chi connectivity index (χ1) is 12.2. The second-order valence-electron chi connectivity index (χ2n) is 3.68. The second kappa shape index (κ2) is 6.16. The van der Waals surface area contributed by atoms with Crippen LogP contribution in [0.3, 0.4) is 0 Å². The van der Waals surface area contributed by atoms with Crippen LogP contribution in [0, 0.1) is 0 Å². The van der Waals surface area contributed by atoms with Gasteiger partial charge in [0.05, 0.1) is 10.9 Å². The number of hydrogen-bond acceptors (Lipinski definition) is 4. The first kappa shape index (κ1) is 8.41. The standard InChI is InChI=1S/C13H12BrCl2N3O/c1-6(2)8-5-11(18-19-13(8)16)20-12-9(14)3-7(17)4-10(12)15/h3-6H,17H2,1-2H3/i1D3,2D3,5D. The average molecular weight is 384 g/mol. The lowest BCUT2D eigenvalue weighted by atomic mass is 10.1. The van der Waals surface area contributed by atoms with Crippen LogP contribution in [0.25, 0.3) is 0 Å². The maximum Gasteiger partial charge on any atom is 0.239 e. The molecule has 4 nitrogen and oxygen atoms in total. The Morgan fingerprint density at radius 3 is 2.80 bits per heavy atom. The van der Waals surface area contributed by atoms with Crippen LogP contribution < -0.4 is 10.5 Å². The van der Waals surface area contributed by atoms with Crippen LogP contribution in [0.2, 0.25) is 10.2 Å². The van der Waals surface area contributed by atoms with Crippen LogP contribution in [-0.4, -0.2) is 10.2 Å². The van der Waals surface area contributed by atoms with Crippen molar-refractivity contribution >= 4 is 44.8 Å². The molecule has 1 heterocycles. The number of hydrogen-bond donors (Lipinski definition) is 1. The fraction of sp³-hybridized carbons (Fsp3) is 0.231. The van der Waals surface area contributed by atoms with Crippen molar-refractivity contribution in [1.29, 1.82) is 0 Å². The third-order valence-corrected chi connectivity index (χ3v) is 3.35. The molecule has 0 radical (unpaired) electrons. The number of anilines is 1. The highest BCUT2D eigenvalue weighted by molar-refractivity contribution is 9.10. The maximum atomic E-state index is 8.22. The van der Waals surface area contributed by atoms with Crippen molar-refractivity contribution in [2.45, 2.75) is 19.6 Å². The molecule has 0 saturated heterocycles. The third kappa shape index (κ3) is 3.34. The molecule has 106 valence electrons. The first-order valence-electron chi connectivity index (χ1n) is 8.68. The zero-order valence-corrected chi connectivity index (χ0v) is 12.8. The molecule has 0 aliphatic rings. The zero-order chi connectivity index (χ0) is 20.7. The van der Waals surface area contributed by atoms with Crippen molar-refractivity contribution in [2.75, 3.05) is 5.73 Å². The van der Waals surface area contributed by atoms with Gasteiger partial charge in [0.15, 0.2) is 10.9 Å². The number of halogens is 3. The molecule has 0 atom stereocenters. The quantitative estimate of drug-likeness (QED) is 0.753. The molecule has 0 fully saturated rings. The lowest BCUT2D eigenvalue weighted by Crippen LogP contribution is -1.98. The summed E-state index contributed by atoms with van der Waals surface area (Å²) in [6.45, 7) is -5.94. The summed E-state index contributed by atoms with van der Waals surface area (Å²) in [5.74, 6) is -2.46. The summed E-state index contributed by atoms with van der Waals surface area (Å²) in [4.78, 5) is 0. The summed E-state index contributed by atoms with van der Waals surface area (Å²) in [7, 11) is 0. The minimum Gasteiger partial charge on any atom is -0.435 e. The SMILES string of the molecule is [2H]c1c(Oc2c(Cl)cc(N)cc2Br)nnc(Cl)c1C(C([2H])([2H])[2H])C([2H])([2H])[2H]. The van der Waals surface area contributed by atoms with E-state index in [-0.39, 0.29) is 10.8 Å². The van der Waals surface area contributed by atoms with Crippen LogP contribution in [0.15, 0.2) is 22.6 Å². The van der Waals surface area contributed by atoms with E-state index in [1.807, 2.05) is 0 Å². The first-order valence-corrected chi connectivity index (χ1v) is 6.73. The summed E-state index contributed by atoms with van der Waals surface area (Å²) >= 11 is 15.2. The Labute approximate surface area is 145 Å². The molecule has 0 aliphatic heterocycles. The predicted octanol–water partition coefficient (Wildman–Crippen LogP) is 5.04. The molecule has 1 aromatic heterocycles. The Hall–Kier alpha value is -1.04. The minimum absolute atomic E-state index is 0.0428. The molecule has 0 unspecified atom stereocenters. The number of nitrogen functional groups attached to an aromatic ring is 1. The van der Waals surface area contributed by atoms with Gasteiger partial charge in [-0.1, -0.05) is 36.9 Å². The van der Waals surface area contributed by atoms with E-state index < -0.39 is 42.3 Å².